The number of fused-ring (bicyclic) bond motifs is 2. The van der Waals surface area contributed by atoms with Crippen molar-refractivity contribution in [2.75, 3.05) is 0 Å². The minimum atomic E-state index is -3.55. The van der Waals surface area contributed by atoms with Crippen LogP contribution in [0.15, 0.2) is 47.4 Å². The number of sulfonamides is 1. The molecule has 154 valence electrons. The molecule has 0 spiro atoms. The maximum atomic E-state index is 12.9. The van der Waals surface area contributed by atoms with E-state index in [1.54, 1.807) is 24.3 Å². The van der Waals surface area contributed by atoms with Crippen LogP contribution in [0.4, 0.5) is 0 Å². The Kier molecular flexibility index (Phi) is 8.57. The third-order valence-corrected chi connectivity index (χ3v) is 8.25. The molecule has 0 aliphatic heterocycles. The van der Waals surface area contributed by atoms with Crippen LogP contribution < -0.4 is 39.4 Å². The summed E-state index contributed by atoms with van der Waals surface area (Å²) >= 11 is 0. The van der Waals surface area contributed by atoms with Gasteiger partial charge in [-0.05, 0) is 73.8 Å². The van der Waals surface area contributed by atoms with Crippen molar-refractivity contribution in [3.63, 3.8) is 0 Å². The number of nitrogens with one attached hydrogen (secondary N) is 1. The first kappa shape index (κ1) is 24.6. The quantitative estimate of drug-likeness (QED) is 0.338. The van der Waals surface area contributed by atoms with E-state index in [1.807, 2.05) is 12.1 Å². The molecule has 7 heteroatoms. The van der Waals surface area contributed by atoms with Gasteiger partial charge in [0.05, 0.1) is 4.90 Å². The van der Waals surface area contributed by atoms with Crippen LogP contribution in [-0.2, 0) is 14.8 Å². The number of carboxylic acid groups (broad SMARTS) is 1. The fourth-order valence-electron chi connectivity index (χ4n) is 4.93. The third-order valence-electron chi connectivity index (χ3n) is 6.78. The molecule has 29 heavy (non-hydrogen) atoms. The second-order valence-electron chi connectivity index (χ2n) is 8.79. The Hall–Kier alpha value is -0.660. The summed E-state index contributed by atoms with van der Waals surface area (Å²) in [7, 11) is -3.55. The molecule has 3 aliphatic rings. The van der Waals surface area contributed by atoms with E-state index in [1.165, 1.54) is 0 Å². The van der Waals surface area contributed by atoms with Crippen LogP contribution in [-0.4, -0.2) is 20.4 Å². The van der Waals surface area contributed by atoms with Crippen molar-refractivity contribution in [2.24, 2.45) is 23.2 Å². The molecule has 0 saturated heterocycles. The normalized spacial score (nSPS) is 27.8. The molecule has 4 atom stereocenters. The molecule has 4 unspecified atom stereocenters. The summed E-state index contributed by atoms with van der Waals surface area (Å²) in [6, 6.07) is 8.49. The molecule has 1 aromatic carbocycles. The Morgan fingerprint density at radius 2 is 1.90 bits per heavy atom. The van der Waals surface area contributed by atoms with Gasteiger partial charge in [-0.15, -0.1) is 0 Å². The second-order valence-corrected chi connectivity index (χ2v) is 10.5. The molecule has 3 saturated carbocycles. The average molecular weight is 428 g/mol. The monoisotopic (exact) mass is 427 g/mol. The Labute approximate surface area is 196 Å². The Morgan fingerprint density at radius 1 is 1.21 bits per heavy atom. The van der Waals surface area contributed by atoms with Crippen LogP contribution in [0.3, 0.4) is 0 Å². The molecule has 4 rings (SSSR count). The van der Waals surface area contributed by atoms with Gasteiger partial charge in [-0.3, -0.25) is 0 Å². The van der Waals surface area contributed by atoms with Gasteiger partial charge in [-0.1, -0.05) is 44.2 Å². The van der Waals surface area contributed by atoms with E-state index in [0.717, 1.165) is 19.3 Å². The average Bonchev–Trinajstić information content (AvgIpc) is 2.65. The van der Waals surface area contributed by atoms with Crippen molar-refractivity contribution >= 4 is 16.0 Å². The van der Waals surface area contributed by atoms with Crippen molar-refractivity contribution in [3.05, 3.63) is 42.5 Å². The molecule has 1 N–H and O–H groups in total. The maximum absolute atomic E-state index is 12.9. The van der Waals surface area contributed by atoms with Crippen LogP contribution in [0, 0.1) is 23.2 Å². The van der Waals surface area contributed by atoms with Gasteiger partial charge in [0.2, 0.25) is 10.0 Å². The fraction of sp³-hybridized carbons (Fsp3) is 0.591. The van der Waals surface area contributed by atoms with E-state index in [9.17, 15) is 18.3 Å². The minimum Gasteiger partial charge on any atom is -0.550 e. The summed E-state index contributed by atoms with van der Waals surface area (Å²) in [6.45, 7) is 4.50. The largest absolute Gasteiger partial charge is 1.00 e. The Morgan fingerprint density at radius 3 is 2.52 bits per heavy atom. The number of hydrogen-bond acceptors (Lipinski definition) is 4. The fourth-order valence-corrected chi connectivity index (χ4v) is 6.29. The molecular formula is C22H30NNaO4S. The zero-order valence-corrected chi connectivity index (χ0v) is 20.5. The van der Waals surface area contributed by atoms with Gasteiger partial charge in [-0.2, -0.15) is 0 Å². The van der Waals surface area contributed by atoms with E-state index in [2.05, 4.69) is 24.6 Å². The minimum absolute atomic E-state index is 0. The van der Waals surface area contributed by atoms with Crippen LogP contribution in [0.25, 0.3) is 0 Å². The number of carbonyl (C=O) groups is 1. The predicted molar refractivity (Wildman–Crippen MR) is 107 cm³/mol. The number of allylic oxidation sites excluding steroid dienone is 2. The van der Waals surface area contributed by atoms with Gasteiger partial charge < -0.3 is 9.90 Å². The van der Waals surface area contributed by atoms with Gasteiger partial charge >= 0.3 is 29.6 Å². The van der Waals surface area contributed by atoms with Crippen molar-refractivity contribution in [2.45, 2.75) is 63.3 Å². The molecule has 3 aliphatic carbocycles. The molecule has 1 aromatic rings. The Balaban J connectivity index is 0.00000300. The van der Waals surface area contributed by atoms with Crippen LogP contribution in [0.1, 0.15) is 52.4 Å². The molecule has 5 nitrogen and oxygen atoms in total. The zero-order valence-electron chi connectivity index (χ0n) is 17.6. The molecule has 0 heterocycles. The van der Waals surface area contributed by atoms with E-state index < -0.39 is 16.0 Å². The van der Waals surface area contributed by atoms with Gasteiger partial charge in [0.25, 0.3) is 0 Å². The van der Waals surface area contributed by atoms with Crippen LogP contribution in [0.2, 0.25) is 0 Å². The number of hydrogen-bond donors (Lipinski definition) is 1. The summed E-state index contributed by atoms with van der Waals surface area (Å²) in [5.74, 6) is 0.249. The number of benzene rings is 1. The smallest absolute Gasteiger partial charge is 0.550 e. The van der Waals surface area contributed by atoms with Crippen LogP contribution in [0.5, 0.6) is 0 Å². The molecule has 0 aromatic heterocycles. The number of aliphatic carboxylic acids is 1. The predicted octanol–water partition coefficient (Wildman–Crippen LogP) is -0.114. The van der Waals surface area contributed by atoms with E-state index in [0.29, 0.717) is 29.6 Å². The molecule has 2 bridgehead atoms. The standard InChI is InChI=1S/C22H31NO4S.Na/c1-22(2)17-14-16(10-6-3-4-9-13-20(24)25)21(19(22)15-17)23-28(26,27)18-11-7-5-8-12-18;/h3,5-8,11-12,16-17,19,21,23H,4,9-10,13-15H2,1-2H3,(H,24,25);/q;+1/p-1/b6-3-;. The van der Waals surface area contributed by atoms with Gasteiger partial charge in [0.15, 0.2) is 0 Å². The van der Waals surface area contributed by atoms with E-state index in [-0.39, 0.29) is 53.4 Å². The first-order chi connectivity index (χ1) is 13.2. The SMILES string of the molecule is CC1(C)C2CC(C/C=C\CCCC(=O)[O-])C(NS(=O)(=O)c3ccccc3)C1C2.[Na+]. The number of carbonyl (C=O) groups excluding carboxylic acids is 1. The summed E-state index contributed by atoms with van der Waals surface area (Å²) < 4.78 is 28.8. The summed E-state index contributed by atoms with van der Waals surface area (Å²) in [6.07, 6.45) is 8.38. The van der Waals surface area contributed by atoms with Crippen LogP contribution >= 0.6 is 0 Å². The topological polar surface area (TPSA) is 86.3 Å². The Bertz CT molecular complexity index is 822. The van der Waals surface area contributed by atoms with Gasteiger partial charge in [0, 0.05) is 12.0 Å². The van der Waals surface area contributed by atoms with Crippen molar-refractivity contribution in [1.29, 1.82) is 0 Å². The summed E-state index contributed by atoms with van der Waals surface area (Å²) in [5.41, 5.74) is 0.165. The molecular weight excluding hydrogens is 397 g/mol. The maximum Gasteiger partial charge on any atom is 1.00 e. The number of rotatable bonds is 9. The second kappa shape index (κ2) is 10.1. The molecule has 0 amide bonds. The third kappa shape index (κ3) is 5.73. The first-order valence-corrected chi connectivity index (χ1v) is 11.6. The first-order valence-electron chi connectivity index (χ1n) is 10.1. The zero-order chi connectivity index (χ0) is 20.4. The van der Waals surface area contributed by atoms with Crippen molar-refractivity contribution in [3.8, 4) is 0 Å². The van der Waals surface area contributed by atoms with Gasteiger partial charge in [0.1, 0.15) is 0 Å². The van der Waals surface area contributed by atoms with Crippen molar-refractivity contribution < 1.29 is 47.9 Å². The summed E-state index contributed by atoms with van der Waals surface area (Å²) in [4.78, 5) is 10.8. The number of unbranched alkanes of at least 4 members (excludes halogenated alkanes) is 1. The summed E-state index contributed by atoms with van der Waals surface area (Å²) in [5, 5.41) is 10.5. The van der Waals surface area contributed by atoms with Gasteiger partial charge in [-0.25, -0.2) is 13.1 Å². The van der Waals surface area contributed by atoms with E-state index >= 15 is 0 Å². The van der Waals surface area contributed by atoms with E-state index in [4.69, 9.17) is 0 Å². The molecule has 3 fully saturated rings. The number of carboxylic acids is 1. The van der Waals surface area contributed by atoms with Crippen molar-refractivity contribution in [1.82, 2.24) is 4.72 Å². The molecule has 0 radical (unpaired) electrons.